The predicted molar refractivity (Wildman–Crippen MR) is 91.4 cm³/mol. The van der Waals surface area contributed by atoms with Crippen LogP contribution in [-0.2, 0) is 6.54 Å². The molecule has 0 spiro atoms. The van der Waals surface area contributed by atoms with Crippen LogP contribution in [0.4, 0.5) is 5.69 Å². The number of hydrogen-bond acceptors (Lipinski definition) is 4. The highest BCUT2D eigenvalue weighted by Crippen LogP contribution is 2.30. The van der Waals surface area contributed by atoms with Crippen molar-refractivity contribution >= 4 is 17.6 Å². The molecule has 0 unspecified atom stereocenters. The van der Waals surface area contributed by atoms with E-state index in [2.05, 4.69) is 28.6 Å². The summed E-state index contributed by atoms with van der Waals surface area (Å²) in [6, 6.07) is 17.5. The Bertz CT molecular complexity index is 658. The molecule has 0 bridgehead atoms. The van der Waals surface area contributed by atoms with Gasteiger partial charge in [0.25, 0.3) is 5.69 Å². The Hall–Kier alpha value is -1.89. The summed E-state index contributed by atoms with van der Waals surface area (Å²) < 4.78 is 2.23. The minimum absolute atomic E-state index is 0.191. The zero-order chi connectivity index (χ0) is 16.1. The number of nitrogens with one attached hydrogen (secondary N) is 1. The van der Waals surface area contributed by atoms with Crippen molar-refractivity contribution in [3.8, 4) is 0 Å². The van der Waals surface area contributed by atoms with E-state index in [0.29, 0.717) is 0 Å². The Morgan fingerprint density at radius 1 is 1.04 bits per heavy atom. The highest BCUT2D eigenvalue weighted by atomic mass is 32.2. The molecule has 0 aromatic heterocycles. The van der Waals surface area contributed by atoms with Crippen LogP contribution in [0.15, 0.2) is 59.5 Å². The minimum Gasteiger partial charge on any atom is -0.329 e. The van der Waals surface area contributed by atoms with Crippen LogP contribution < -0.4 is 4.90 Å². The number of piperazine rings is 1. The van der Waals surface area contributed by atoms with E-state index < -0.39 is 0 Å². The fourth-order valence-corrected chi connectivity index (χ4v) is 3.80. The summed E-state index contributed by atoms with van der Waals surface area (Å²) in [7, 11) is 0. The summed E-state index contributed by atoms with van der Waals surface area (Å²) in [5.74, 6) is 0. The standard InChI is InChI=1S/C17H19N3O2S/c21-20(22)16-8-4-5-9-17(16)23-19-12-10-18(11-13-19)14-15-6-2-1-3-7-15/h1-9H,10-14H2/p+1. The van der Waals surface area contributed by atoms with E-state index in [9.17, 15) is 10.1 Å². The maximum Gasteiger partial charge on any atom is 0.284 e. The van der Waals surface area contributed by atoms with Gasteiger partial charge in [0, 0.05) is 11.6 Å². The fraction of sp³-hybridized carbons (Fsp3) is 0.294. The average molecular weight is 330 g/mol. The van der Waals surface area contributed by atoms with E-state index in [1.807, 2.05) is 18.2 Å². The Morgan fingerprint density at radius 2 is 1.70 bits per heavy atom. The average Bonchev–Trinajstić information content (AvgIpc) is 2.58. The number of nitro groups is 1. The molecule has 3 rings (SSSR count). The lowest BCUT2D eigenvalue weighted by Gasteiger charge is -2.31. The maximum atomic E-state index is 11.1. The molecule has 1 saturated heterocycles. The Morgan fingerprint density at radius 3 is 2.39 bits per heavy atom. The lowest BCUT2D eigenvalue weighted by Crippen LogP contribution is -3.13. The molecule has 1 heterocycles. The van der Waals surface area contributed by atoms with E-state index in [-0.39, 0.29) is 10.6 Å². The molecule has 1 fully saturated rings. The Kier molecular flexibility index (Phi) is 5.27. The van der Waals surface area contributed by atoms with Gasteiger partial charge in [-0.3, -0.25) is 10.1 Å². The quantitative estimate of drug-likeness (QED) is 0.518. The monoisotopic (exact) mass is 330 g/mol. The third-order valence-corrected chi connectivity index (χ3v) is 5.18. The summed E-state index contributed by atoms with van der Waals surface area (Å²) >= 11 is 1.51. The van der Waals surface area contributed by atoms with Crippen LogP contribution in [0.5, 0.6) is 0 Å². The topological polar surface area (TPSA) is 50.8 Å². The molecule has 1 aliphatic rings. The number of quaternary nitrogens is 1. The van der Waals surface area contributed by atoms with E-state index in [1.165, 1.54) is 17.5 Å². The van der Waals surface area contributed by atoms with Crippen molar-refractivity contribution < 1.29 is 9.82 Å². The van der Waals surface area contributed by atoms with Crippen molar-refractivity contribution in [1.82, 2.24) is 4.31 Å². The van der Waals surface area contributed by atoms with Gasteiger partial charge in [0.1, 0.15) is 11.4 Å². The van der Waals surface area contributed by atoms with Gasteiger partial charge in [-0.2, -0.15) is 0 Å². The molecular formula is C17H20N3O2S+. The summed E-state index contributed by atoms with van der Waals surface area (Å²) in [4.78, 5) is 13.1. The van der Waals surface area contributed by atoms with Gasteiger partial charge >= 0.3 is 0 Å². The molecule has 5 nitrogen and oxygen atoms in total. The van der Waals surface area contributed by atoms with Crippen LogP contribution >= 0.6 is 11.9 Å². The van der Waals surface area contributed by atoms with Gasteiger partial charge in [-0.15, -0.1) is 0 Å². The molecule has 0 saturated carbocycles. The lowest BCUT2D eigenvalue weighted by atomic mass is 10.2. The van der Waals surface area contributed by atoms with E-state index in [4.69, 9.17) is 0 Å². The van der Waals surface area contributed by atoms with Crippen LogP contribution in [0, 0.1) is 10.1 Å². The number of para-hydroxylation sites is 1. The van der Waals surface area contributed by atoms with E-state index in [1.54, 1.807) is 17.0 Å². The smallest absolute Gasteiger partial charge is 0.284 e. The van der Waals surface area contributed by atoms with Crippen molar-refractivity contribution in [1.29, 1.82) is 0 Å². The molecule has 2 aromatic rings. The van der Waals surface area contributed by atoms with E-state index in [0.717, 1.165) is 37.6 Å². The highest BCUT2D eigenvalue weighted by molar-refractivity contribution is 7.97. The van der Waals surface area contributed by atoms with Crippen molar-refractivity contribution in [3.63, 3.8) is 0 Å². The zero-order valence-electron chi connectivity index (χ0n) is 12.9. The van der Waals surface area contributed by atoms with Crippen LogP contribution in [0.25, 0.3) is 0 Å². The van der Waals surface area contributed by atoms with Gasteiger partial charge in [-0.05, 0) is 18.0 Å². The van der Waals surface area contributed by atoms with Gasteiger partial charge < -0.3 is 4.90 Å². The first-order chi connectivity index (χ1) is 11.2. The summed E-state index contributed by atoms with van der Waals surface area (Å²) in [6.45, 7) is 5.05. The fourth-order valence-electron chi connectivity index (χ4n) is 2.78. The van der Waals surface area contributed by atoms with Crippen LogP contribution in [-0.4, -0.2) is 35.4 Å². The van der Waals surface area contributed by atoms with Crippen LogP contribution in [0.1, 0.15) is 5.56 Å². The molecule has 0 aliphatic carbocycles. The summed E-state index contributed by atoms with van der Waals surface area (Å²) in [5.41, 5.74) is 1.55. The molecule has 2 aromatic carbocycles. The molecule has 0 amide bonds. The summed E-state index contributed by atoms with van der Waals surface area (Å²) in [6.07, 6.45) is 0. The van der Waals surface area contributed by atoms with Gasteiger partial charge in [0.15, 0.2) is 0 Å². The largest absolute Gasteiger partial charge is 0.329 e. The molecule has 0 radical (unpaired) electrons. The van der Waals surface area contributed by atoms with Crippen LogP contribution in [0.2, 0.25) is 0 Å². The second kappa shape index (κ2) is 7.59. The molecule has 6 heteroatoms. The molecule has 120 valence electrons. The van der Waals surface area contributed by atoms with Crippen molar-refractivity contribution in [2.24, 2.45) is 0 Å². The first-order valence-electron chi connectivity index (χ1n) is 7.76. The Balaban J connectivity index is 1.54. The first-order valence-corrected chi connectivity index (χ1v) is 8.53. The predicted octanol–water partition coefficient (Wildman–Crippen LogP) is 2.00. The van der Waals surface area contributed by atoms with Gasteiger partial charge in [0.05, 0.1) is 31.1 Å². The SMILES string of the molecule is O=[N+]([O-])c1ccccc1SN1CC[NH+](Cc2ccccc2)CC1. The van der Waals surface area contributed by atoms with Crippen molar-refractivity contribution in [3.05, 3.63) is 70.3 Å². The number of nitro benzene ring substituents is 1. The summed E-state index contributed by atoms with van der Waals surface area (Å²) in [5, 5.41) is 11.1. The molecule has 1 aliphatic heterocycles. The third kappa shape index (κ3) is 4.31. The van der Waals surface area contributed by atoms with Gasteiger partial charge in [-0.25, -0.2) is 4.31 Å². The molecular weight excluding hydrogens is 310 g/mol. The Labute approximate surface area is 140 Å². The normalized spacial score (nSPS) is 16.3. The lowest BCUT2D eigenvalue weighted by molar-refractivity contribution is -0.917. The maximum absolute atomic E-state index is 11.1. The van der Waals surface area contributed by atoms with Gasteiger partial charge in [0.2, 0.25) is 0 Å². The first kappa shape index (κ1) is 16.0. The van der Waals surface area contributed by atoms with E-state index >= 15 is 0 Å². The number of hydrogen-bond donors (Lipinski definition) is 1. The highest BCUT2D eigenvalue weighted by Gasteiger charge is 2.23. The second-order valence-corrected chi connectivity index (χ2v) is 6.80. The second-order valence-electron chi connectivity index (χ2n) is 5.66. The third-order valence-electron chi connectivity index (χ3n) is 4.02. The molecule has 1 N–H and O–H groups in total. The molecule has 23 heavy (non-hydrogen) atoms. The number of benzene rings is 2. The van der Waals surface area contributed by atoms with Crippen LogP contribution in [0.3, 0.4) is 0 Å². The number of rotatable bonds is 5. The molecule has 0 atom stereocenters. The van der Waals surface area contributed by atoms with Crippen molar-refractivity contribution in [2.45, 2.75) is 11.4 Å². The van der Waals surface area contributed by atoms with Gasteiger partial charge in [-0.1, -0.05) is 42.5 Å². The van der Waals surface area contributed by atoms with Crippen molar-refractivity contribution in [2.75, 3.05) is 26.2 Å². The number of nitrogens with zero attached hydrogens (tertiary/aromatic N) is 2. The zero-order valence-corrected chi connectivity index (χ0v) is 13.7. The minimum atomic E-state index is -0.306.